The summed E-state index contributed by atoms with van der Waals surface area (Å²) < 4.78 is 26.4. The third-order valence-corrected chi connectivity index (χ3v) is 5.28. The van der Waals surface area contributed by atoms with E-state index < -0.39 is 10.0 Å². The Hall–Kier alpha value is -0.620. The van der Waals surface area contributed by atoms with Crippen molar-refractivity contribution in [2.75, 3.05) is 20.1 Å². The summed E-state index contributed by atoms with van der Waals surface area (Å²) in [7, 11) is -1.85. The molecule has 2 N–H and O–H groups in total. The summed E-state index contributed by atoms with van der Waals surface area (Å²) in [4.78, 5) is 0.331. The van der Waals surface area contributed by atoms with E-state index in [4.69, 9.17) is 5.73 Å². The molecule has 0 aliphatic heterocycles. The van der Waals surface area contributed by atoms with E-state index in [-0.39, 0.29) is 17.8 Å². The minimum Gasteiger partial charge on any atom is -0.330 e. The summed E-state index contributed by atoms with van der Waals surface area (Å²) in [6.07, 6.45) is 0. The Balaban J connectivity index is 0.00000400. The number of hydrogen-bond acceptors (Lipinski definition) is 3. The Morgan fingerprint density at radius 2 is 1.67 bits per heavy atom. The number of rotatable bonds is 6. The van der Waals surface area contributed by atoms with Crippen LogP contribution in [0, 0.1) is 5.41 Å². The highest BCUT2D eigenvalue weighted by molar-refractivity contribution is 7.89. The molecule has 0 bridgehead atoms. The molecule has 1 aromatic rings. The minimum atomic E-state index is -3.45. The lowest BCUT2D eigenvalue weighted by atomic mass is 9.94. The van der Waals surface area contributed by atoms with Crippen molar-refractivity contribution in [1.82, 2.24) is 4.31 Å². The van der Waals surface area contributed by atoms with Gasteiger partial charge in [0.1, 0.15) is 0 Å². The first-order valence-corrected chi connectivity index (χ1v) is 8.30. The number of halogens is 1. The lowest BCUT2D eigenvalue weighted by molar-refractivity contribution is 0.292. The van der Waals surface area contributed by atoms with Gasteiger partial charge in [0.15, 0.2) is 0 Å². The van der Waals surface area contributed by atoms with Crippen molar-refractivity contribution in [3.8, 4) is 0 Å². The Kier molecular flexibility index (Phi) is 7.36. The molecule has 1 rings (SSSR count). The smallest absolute Gasteiger partial charge is 0.242 e. The van der Waals surface area contributed by atoms with Crippen LogP contribution in [-0.2, 0) is 10.0 Å². The Morgan fingerprint density at radius 1 is 1.19 bits per heavy atom. The molecule has 0 atom stereocenters. The van der Waals surface area contributed by atoms with Crippen molar-refractivity contribution in [3.05, 3.63) is 29.8 Å². The fourth-order valence-electron chi connectivity index (χ4n) is 1.96. The van der Waals surface area contributed by atoms with E-state index in [1.54, 1.807) is 19.2 Å². The van der Waals surface area contributed by atoms with Crippen LogP contribution in [0.4, 0.5) is 0 Å². The van der Waals surface area contributed by atoms with Gasteiger partial charge in [-0.2, -0.15) is 0 Å². The highest BCUT2D eigenvalue weighted by Gasteiger charge is 2.27. The molecule has 21 heavy (non-hydrogen) atoms. The van der Waals surface area contributed by atoms with Gasteiger partial charge in [-0.25, -0.2) is 12.7 Å². The van der Waals surface area contributed by atoms with Gasteiger partial charge in [-0.3, -0.25) is 0 Å². The molecule has 0 spiro atoms. The molecule has 0 fully saturated rings. The zero-order valence-electron chi connectivity index (χ0n) is 13.5. The van der Waals surface area contributed by atoms with Crippen LogP contribution in [0.15, 0.2) is 29.2 Å². The molecule has 0 aliphatic rings. The molecule has 0 saturated heterocycles. The van der Waals surface area contributed by atoms with Gasteiger partial charge in [0.05, 0.1) is 4.90 Å². The van der Waals surface area contributed by atoms with Crippen LogP contribution in [-0.4, -0.2) is 32.9 Å². The predicted octanol–water partition coefficient (Wildman–Crippen LogP) is 2.84. The minimum absolute atomic E-state index is 0. The summed E-state index contributed by atoms with van der Waals surface area (Å²) in [6.45, 7) is 8.93. The fourth-order valence-corrected chi connectivity index (χ4v) is 3.32. The summed E-state index contributed by atoms with van der Waals surface area (Å²) in [5.74, 6) is 0.389. The second kappa shape index (κ2) is 7.58. The normalized spacial score (nSPS) is 12.6. The van der Waals surface area contributed by atoms with E-state index in [1.165, 1.54) is 4.31 Å². The standard InChI is InChI=1S/C15H26N2O2S.ClH/c1-12(2)13-6-8-14(9-7-13)20(18,19)17(5)11-15(3,4)10-16;/h6-9,12H,10-11,16H2,1-5H3;1H. The molecule has 1 aromatic carbocycles. The third kappa shape index (κ3) is 5.25. The van der Waals surface area contributed by atoms with Gasteiger partial charge in [0.25, 0.3) is 0 Å². The Bertz CT molecular complexity index is 539. The quantitative estimate of drug-likeness (QED) is 0.870. The largest absolute Gasteiger partial charge is 0.330 e. The maximum atomic E-state index is 12.5. The molecule has 6 heteroatoms. The molecule has 0 heterocycles. The van der Waals surface area contributed by atoms with Crippen LogP contribution in [0.2, 0.25) is 0 Å². The third-order valence-electron chi connectivity index (χ3n) is 3.46. The van der Waals surface area contributed by atoms with E-state index in [9.17, 15) is 8.42 Å². The second-order valence-electron chi connectivity index (χ2n) is 6.35. The molecular weight excluding hydrogens is 308 g/mol. The molecule has 0 aromatic heterocycles. The van der Waals surface area contributed by atoms with Gasteiger partial charge in [-0.05, 0) is 35.6 Å². The molecule has 0 saturated carbocycles. The van der Waals surface area contributed by atoms with Crippen LogP contribution in [0.5, 0.6) is 0 Å². The van der Waals surface area contributed by atoms with E-state index >= 15 is 0 Å². The van der Waals surface area contributed by atoms with Crippen LogP contribution < -0.4 is 5.73 Å². The number of hydrogen-bond donors (Lipinski definition) is 1. The van der Waals surface area contributed by atoms with Crippen LogP contribution in [0.1, 0.15) is 39.2 Å². The van der Waals surface area contributed by atoms with Gasteiger partial charge in [-0.1, -0.05) is 39.8 Å². The molecular formula is C15H27ClN2O2S. The number of benzene rings is 1. The fraction of sp³-hybridized carbons (Fsp3) is 0.600. The predicted molar refractivity (Wildman–Crippen MR) is 90.4 cm³/mol. The molecule has 122 valence electrons. The van der Waals surface area contributed by atoms with Crippen LogP contribution in [0.3, 0.4) is 0 Å². The SMILES string of the molecule is CC(C)c1ccc(S(=O)(=O)N(C)CC(C)(C)CN)cc1.Cl. The van der Waals surface area contributed by atoms with E-state index in [2.05, 4.69) is 13.8 Å². The lowest BCUT2D eigenvalue weighted by Gasteiger charge is -2.28. The van der Waals surface area contributed by atoms with Crippen molar-refractivity contribution >= 4 is 22.4 Å². The summed E-state index contributed by atoms with van der Waals surface area (Å²) in [5, 5.41) is 0. The number of nitrogens with zero attached hydrogens (tertiary/aromatic N) is 1. The molecule has 0 aliphatic carbocycles. The molecule has 0 amide bonds. The average molecular weight is 335 g/mol. The van der Waals surface area contributed by atoms with E-state index in [0.717, 1.165) is 5.56 Å². The summed E-state index contributed by atoms with van der Waals surface area (Å²) in [5.41, 5.74) is 6.57. The number of sulfonamides is 1. The van der Waals surface area contributed by atoms with Gasteiger partial charge in [-0.15, -0.1) is 12.4 Å². The van der Waals surface area contributed by atoms with Crippen molar-refractivity contribution in [2.24, 2.45) is 11.1 Å². The van der Waals surface area contributed by atoms with Crippen molar-refractivity contribution < 1.29 is 8.42 Å². The maximum absolute atomic E-state index is 12.5. The maximum Gasteiger partial charge on any atom is 0.242 e. The second-order valence-corrected chi connectivity index (χ2v) is 8.40. The zero-order valence-corrected chi connectivity index (χ0v) is 15.1. The van der Waals surface area contributed by atoms with Crippen molar-refractivity contribution in [1.29, 1.82) is 0 Å². The lowest BCUT2D eigenvalue weighted by Crippen LogP contribution is -2.39. The molecule has 4 nitrogen and oxygen atoms in total. The summed E-state index contributed by atoms with van der Waals surface area (Å²) >= 11 is 0. The topological polar surface area (TPSA) is 63.4 Å². The van der Waals surface area contributed by atoms with E-state index in [0.29, 0.717) is 23.9 Å². The Morgan fingerprint density at radius 3 is 2.05 bits per heavy atom. The highest BCUT2D eigenvalue weighted by atomic mass is 35.5. The Labute approximate surface area is 135 Å². The highest BCUT2D eigenvalue weighted by Crippen LogP contribution is 2.22. The first kappa shape index (κ1) is 20.4. The van der Waals surface area contributed by atoms with Crippen molar-refractivity contribution in [3.63, 3.8) is 0 Å². The van der Waals surface area contributed by atoms with Crippen LogP contribution >= 0.6 is 12.4 Å². The van der Waals surface area contributed by atoms with Crippen molar-refractivity contribution in [2.45, 2.75) is 38.5 Å². The monoisotopic (exact) mass is 334 g/mol. The summed E-state index contributed by atoms with van der Waals surface area (Å²) in [6, 6.07) is 7.10. The molecule has 0 unspecified atom stereocenters. The average Bonchev–Trinajstić information content (AvgIpc) is 2.38. The van der Waals surface area contributed by atoms with E-state index in [1.807, 2.05) is 26.0 Å². The van der Waals surface area contributed by atoms with Gasteiger partial charge >= 0.3 is 0 Å². The van der Waals surface area contributed by atoms with Gasteiger partial charge in [0, 0.05) is 13.6 Å². The van der Waals surface area contributed by atoms with Crippen LogP contribution in [0.25, 0.3) is 0 Å². The molecule has 0 radical (unpaired) electrons. The van der Waals surface area contributed by atoms with Gasteiger partial charge < -0.3 is 5.73 Å². The number of nitrogens with two attached hydrogens (primary N) is 1. The zero-order chi connectivity index (χ0) is 15.6. The first-order chi connectivity index (χ1) is 9.10. The van der Waals surface area contributed by atoms with Gasteiger partial charge in [0.2, 0.25) is 10.0 Å². The first-order valence-electron chi connectivity index (χ1n) is 6.86.